The minimum absolute atomic E-state index is 0.0879. The van der Waals surface area contributed by atoms with E-state index >= 15 is 0 Å². The van der Waals surface area contributed by atoms with Crippen LogP contribution in [0, 0.1) is 0 Å². The van der Waals surface area contributed by atoms with Crippen molar-refractivity contribution in [2.75, 3.05) is 0 Å². The molecule has 126 valence electrons. The molecule has 5 N–H and O–H groups in total. The van der Waals surface area contributed by atoms with Gasteiger partial charge in [0.05, 0.1) is 6.04 Å². The summed E-state index contributed by atoms with van der Waals surface area (Å²) in [4.78, 5) is 34.0. The van der Waals surface area contributed by atoms with Gasteiger partial charge in [-0.3, -0.25) is 10.5 Å². The Morgan fingerprint density at radius 3 is 2.22 bits per heavy atom. The average molecular weight is 341 g/mol. The Hall–Kier alpha value is -1.66. The molecule has 0 aliphatic heterocycles. The molecule has 0 radical (unpaired) electrons. The van der Waals surface area contributed by atoms with Gasteiger partial charge in [-0.2, -0.15) is 4.89 Å². The first-order valence-electron chi connectivity index (χ1n) is 7.01. The first-order valence-corrected chi connectivity index (χ1v) is 8.22. The Morgan fingerprint density at radius 2 is 1.78 bits per heavy atom. The van der Waals surface area contributed by atoms with Crippen LogP contribution in [0.2, 0.25) is 0 Å². The quantitative estimate of drug-likeness (QED) is 0.397. The van der Waals surface area contributed by atoms with Gasteiger partial charge in [0.25, 0.3) is 0 Å². The van der Waals surface area contributed by atoms with E-state index in [1.54, 1.807) is 51.1 Å². The van der Waals surface area contributed by atoms with Gasteiger partial charge in [0, 0.05) is 0 Å². The highest BCUT2D eigenvalue weighted by Crippen LogP contribution is 2.34. The van der Waals surface area contributed by atoms with Gasteiger partial charge >= 0.3 is 19.3 Å². The molecule has 0 aromatic heterocycles. The zero-order valence-corrected chi connectivity index (χ0v) is 14.2. The molecule has 0 spiro atoms. The fraction of sp³-hybridized carbons (Fsp3) is 0.467. The lowest BCUT2D eigenvalue weighted by atomic mass is 9.98. The molecule has 3 atom stereocenters. The lowest BCUT2D eigenvalue weighted by Gasteiger charge is -2.24. The van der Waals surface area contributed by atoms with E-state index in [4.69, 9.17) is 16.2 Å². The summed E-state index contributed by atoms with van der Waals surface area (Å²) < 4.78 is 16.6. The smallest absolute Gasteiger partial charge is 0.455 e. The Morgan fingerprint density at radius 1 is 1.26 bits per heavy atom. The Balaban J connectivity index is 3.01. The molecular weight excluding hydrogens is 319 g/mol. The van der Waals surface area contributed by atoms with E-state index in [-0.39, 0.29) is 6.42 Å². The monoisotopic (exact) mass is 341 g/mol. The molecule has 7 nitrogen and oxygen atoms in total. The zero-order valence-electron chi connectivity index (χ0n) is 13.4. The Bertz CT molecular complexity index is 600. The number of nitrogens with two attached hydrogens (primary N) is 2. The van der Waals surface area contributed by atoms with Crippen LogP contribution >= 0.6 is 8.03 Å². The van der Waals surface area contributed by atoms with Gasteiger partial charge in [-0.1, -0.05) is 30.3 Å². The third-order valence-corrected chi connectivity index (χ3v) is 4.03. The number of carbonyl (C=O) groups is 2. The van der Waals surface area contributed by atoms with E-state index in [1.807, 2.05) is 0 Å². The molecule has 0 fully saturated rings. The van der Waals surface area contributed by atoms with Gasteiger partial charge in [-0.15, -0.1) is 0 Å². The number of rotatable bonds is 6. The normalized spacial score (nSPS) is 16.2. The molecular formula is C15H22N2O5P+. The number of ether oxygens (including phenoxy) is 1. The maximum atomic E-state index is 12.4. The molecule has 0 saturated heterocycles. The van der Waals surface area contributed by atoms with Gasteiger partial charge in [-0.25, -0.2) is 4.79 Å². The SMILES string of the molecule is CC(C)(C)OC(=O)C(N)(C(=O)[C@@H](N)Cc1ccccc1)[P+](=O)O. The van der Waals surface area contributed by atoms with Gasteiger partial charge in [0.1, 0.15) is 5.60 Å². The molecule has 0 aliphatic rings. The molecule has 0 amide bonds. The summed E-state index contributed by atoms with van der Waals surface area (Å²) in [5, 5.41) is -2.68. The molecule has 1 rings (SSSR count). The Kier molecular flexibility index (Phi) is 6.13. The summed E-state index contributed by atoms with van der Waals surface area (Å²) in [6, 6.07) is 7.62. The van der Waals surface area contributed by atoms with Crippen LogP contribution in [-0.4, -0.2) is 33.6 Å². The van der Waals surface area contributed by atoms with E-state index in [0.29, 0.717) is 0 Å². The predicted molar refractivity (Wildman–Crippen MR) is 85.7 cm³/mol. The molecule has 0 aliphatic carbocycles. The molecule has 1 aromatic rings. The topological polar surface area (TPSA) is 133 Å². The van der Waals surface area contributed by atoms with Crippen molar-refractivity contribution >= 4 is 19.8 Å². The molecule has 23 heavy (non-hydrogen) atoms. The number of benzene rings is 1. The van der Waals surface area contributed by atoms with E-state index in [1.165, 1.54) is 0 Å². The van der Waals surface area contributed by atoms with Crippen molar-refractivity contribution in [1.29, 1.82) is 0 Å². The maximum Gasteiger partial charge on any atom is 0.548 e. The second-order valence-electron chi connectivity index (χ2n) is 6.20. The van der Waals surface area contributed by atoms with Gasteiger partial charge in [-0.05, 0) is 37.3 Å². The predicted octanol–water partition coefficient (Wildman–Crippen LogP) is 0.857. The van der Waals surface area contributed by atoms with Crippen LogP contribution in [-0.2, 0) is 25.3 Å². The fourth-order valence-electron chi connectivity index (χ4n) is 1.87. The summed E-state index contributed by atoms with van der Waals surface area (Å²) in [7, 11) is -3.36. The number of esters is 1. The van der Waals surface area contributed by atoms with Gasteiger partial charge < -0.3 is 10.5 Å². The standard InChI is InChI=1S/C15H21N2O5P/c1-14(2,3)22-13(19)15(17,23(20)21)12(18)11(16)9-10-7-5-4-6-8-10/h4-8,11H,9,16-17H2,1-3H3/p+1/t11-,15?/m0/s1. The molecule has 8 heteroatoms. The van der Waals surface area contributed by atoms with Crippen molar-refractivity contribution in [2.24, 2.45) is 11.5 Å². The second kappa shape index (κ2) is 7.27. The molecule has 2 unspecified atom stereocenters. The fourth-order valence-corrected chi connectivity index (χ4v) is 2.43. The third-order valence-electron chi connectivity index (χ3n) is 3.02. The van der Waals surface area contributed by atoms with Crippen LogP contribution in [0.25, 0.3) is 0 Å². The van der Waals surface area contributed by atoms with Crippen molar-refractivity contribution in [3.63, 3.8) is 0 Å². The second-order valence-corrected chi connectivity index (χ2v) is 7.45. The number of hydrogen-bond donors (Lipinski definition) is 3. The van der Waals surface area contributed by atoms with Gasteiger partial charge in [0.15, 0.2) is 0 Å². The van der Waals surface area contributed by atoms with E-state index in [2.05, 4.69) is 0 Å². The van der Waals surface area contributed by atoms with E-state index in [0.717, 1.165) is 5.56 Å². The lowest BCUT2D eigenvalue weighted by molar-refractivity contribution is -0.160. The van der Waals surface area contributed by atoms with Crippen molar-refractivity contribution < 1.29 is 23.8 Å². The first-order chi connectivity index (χ1) is 10.5. The molecule has 1 aromatic carbocycles. The summed E-state index contributed by atoms with van der Waals surface area (Å²) in [6.45, 7) is 4.68. The minimum atomic E-state index is -3.36. The summed E-state index contributed by atoms with van der Waals surface area (Å²) in [6.07, 6.45) is 0.0879. The Labute approximate surface area is 135 Å². The van der Waals surface area contributed by atoms with Crippen molar-refractivity contribution in [3.05, 3.63) is 35.9 Å². The summed E-state index contributed by atoms with van der Waals surface area (Å²) in [5.74, 6) is -2.29. The van der Waals surface area contributed by atoms with Crippen LogP contribution in [0.5, 0.6) is 0 Å². The summed E-state index contributed by atoms with van der Waals surface area (Å²) >= 11 is 0. The van der Waals surface area contributed by atoms with Crippen LogP contribution < -0.4 is 11.5 Å². The van der Waals surface area contributed by atoms with Crippen LogP contribution in [0.4, 0.5) is 0 Å². The van der Waals surface area contributed by atoms with E-state index in [9.17, 15) is 19.0 Å². The van der Waals surface area contributed by atoms with Crippen molar-refractivity contribution in [1.82, 2.24) is 0 Å². The van der Waals surface area contributed by atoms with Crippen molar-refractivity contribution in [3.8, 4) is 0 Å². The van der Waals surface area contributed by atoms with Crippen LogP contribution in [0.1, 0.15) is 26.3 Å². The van der Waals surface area contributed by atoms with Crippen LogP contribution in [0.3, 0.4) is 0 Å². The number of Topliss-reactive ketones (excluding diaryl/α,β-unsaturated/α-hetero) is 1. The van der Waals surface area contributed by atoms with Crippen molar-refractivity contribution in [2.45, 2.75) is 44.1 Å². The van der Waals surface area contributed by atoms with Gasteiger partial charge in [0.2, 0.25) is 5.78 Å². The zero-order chi connectivity index (χ0) is 17.8. The summed E-state index contributed by atoms with van der Waals surface area (Å²) in [5.41, 5.74) is 11.2. The first kappa shape index (κ1) is 19.4. The highest BCUT2D eigenvalue weighted by molar-refractivity contribution is 7.43. The highest BCUT2D eigenvalue weighted by atomic mass is 31.1. The van der Waals surface area contributed by atoms with E-state index < -0.39 is 36.7 Å². The molecule has 0 bridgehead atoms. The lowest BCUT2D eigenvalue weighted by Crippen LogP contribution is -2.59. The number of carbonyl (C=O) groups excluding carboxylic acids is 2. The third kappa shape index (κ3) is 4.91. The minimum Gasteiger partial charge on any atom is -0.455 e. The highest BCUT2D eigenvalue weighted by Gasteiger charge is 2.63. The maximum absolute atomic E-state index is 12.4. The number of ketones is 1. The largest absolute Gasteiger partial charge is 0.548 e. The number of hydrogen-bond acceptors (Lipinski definition) is 6. The average Bonchev–Trinajstić information content (AvgIpc) is 2.44. The molecule has 0 saturated carbocycles. The van der Waals surface area contributed by atoms with Crippen LogP contribution in [0.15, 0.2) is 30.3 Å². The molecule has 0 heterocycles.